The quantitative estimate of drug-likeness (QED) is 0.124. The zero-order chi connectivity index (χ0) is 34.9. The number of carbonyl (C=O) groups is 2. The molecule has 0 aliphatic heterocycles. The van der Waals surface area contributed by atoms with E-state index < -0.39 is 16.6 Å². The summed E-state index contributed by atoms with van der Waals surface area (Å²) in [6.45, 7) is 26.9. The highest BCUT2D eigenvalue weighted by Crippen LogP contribution is 2.39. The van der Waals surface area contributed by atoms with E-state index in [-0.39, 0.29) is 40.2 Å². The first-order valence-corrected chi connectivity index (χ1v) is 21.9. The summed E-state index contributed by atoms with van der Waals surface area (Å²) in [6.07, 6.45) is 6.53. The van der Waals surface area contributed by atoms with Crippen LogP contribution in [-0.4, -0.2) is 70.8 Å². The van der Waals surface area contributed by atoms with Gasteiger partial charge >= 0.3 is 0 Å². The number of carbonyl (C=O) groups excluding carboxylic acids is 2. The van der Waals surface area contributed by atoms with Gasteiger partial charge in [0.2, 0.25) is 5.91 Å². The average Bonchev–Trinajstić information content (AvgIpc) is 3.50. The van der Waals surface area contributed by atoms with Crippen LogP contribution in [0.25, 0.3) is 11.0 Å². The highest BCUT2D eigenvalue weighted by molar-refractivity contribution is 6.74. The molecule has 0 aromatic carbocycles. The summed E-state index contributed by atoms with van der Waals surface area (Å²) in [5.74, 6) is -0.232. The molecule has 11 nitrogen and oxygen atoms in total. The molecule has 1 N–H and O–H groups in total. The number of rotatable bonds is 12. The van der Waals surface area contributed by atoms with Gasteiger partial charge in [-0.2, -0.15) is 5.10 Å². The monoisotopic (exact) mass is 677 g/mol. The second kappa shape index (κ2) is 13.5. The van der Waals surface area contributed by atoms with Crippen LogP contribution < -0.4 is 5.32 Å². The highest BCUT2D eigenvalue weighted by atomic mass is 28.4. The van der Waals surface area contributed by atoms with E-state index in [9.17, 15) is 9.59 Å². The topological polar surface area (TPSA) is 126 Å². The number of ketones is 1. The zero-order valence-corrected chi connectivity index (χ0v) is 32.1. The van der Waals surface area contributed by atoms with Gasteiger partial charge < -0.3 is 18.7 Å². The Balaban J connectivity index is 1.66. The Bertz CT molecular complexity index is 1720. The number of hydrogen-bond acceptors (Lipinski definition) is 8. The molecule has 4 rings (SSSR count). The molecule has 0 bridgehead atoms. The summed E-state index contributed by atoms with van der Waals surface area (Å²) in [7, 11) is -4.20. The molecule has 4 heterocycles. The minimum Gasteiger partial charge on any atom is -0.415 e. The van der Waals surface area contributed by atoms with E-state index in [0.717, 1.165) is 11.4 Å². The molecule has 0 saturated heterocycles. The number of hydrogen-bond donors (Lipinski definition) is 1. The molecule has 13 heteroatoms. The molecule has 254 valence electrons. The molecule has 0 aliphatic carbocycles. The lowest BCUT2D eigenvalue weighted by molar-refractivity contribution is -0.117. The van der Waals surface area contributed by atoms with Crippen molar-refractivity contribution in [3.05, 3.63) is 65.6 Å². The predicted octanol–water partition coefficient (Wildman–Crippen LogP) is 7.09. The molecule has 0 unspecified atom stereocenters. The normalized spacial score (nSPS) is 13.0. The fourth-order valence-corrected chi connectivity index (χ4v) is 6.73. The van der Waals surface area contributed by atoms with Gasteiger partial charge in [-0.25, -0.2) is 15.0 Å². The van der Waals surface area contributed by atoms with Crippen molar-refractivity contribution in [2.75, 3.05) is 18.5 Å². The first-order valence-electron chi connectivity index (χ1n) is 16.1. The number of amides is 1. The third-order valence-corrected chi connectivity index (χ3v) is 18.7. The van der Waals surface area contributed by atoms with Crippen LogP contribution in [0.5, 0.6) is 0 Å². The second-order valence-electron chi connectivity index (χ2n) is 15.4. The molecule has 0 atom stereocenters. The molecule has 4 aromatic heterocycles. The Hall–Kier alpha value is -3.53. The minimum atomic E-state index is -2.10. The van der Waals surface area contributed by atoms with Crippen molar-refractivity contribution in [2.24, 2.45) is 0 Å². The van der Waals surface area contributed by atoms with Crippen LogP contribution in [-0.2, 0) is 20.2 Å². The molecular weight excluding hydrogens is 627 g/mol. The van der Waals surface area contributed by atoms with Gasteiger partial charge in [-0.05, 0) is 68.3 Å². The molecule has 0 fully saturated rings. The SMILES string of the molecule is Cc1cc(C)n(CC(=O)Nc2cc(C(=O)c3cn(C(CO[Si](C)(C)C(C)(C)C)CO[Si](C)(C)C(C)(C)C)c4ncncc34)ccn2)n1. The van der Waals surface area contributed by atoms with Crippen molar-refractivity contribution in [3.8, 4) is 0 Å². The third kappa shape index (κ3) is 8.32. The molecule has 1 amide bonds. The summed E-state index contributed by atoms with van der Waals surface area (Å²) >= 11 is 0. The van der Waals surface area contributed by atoms with E-state index in [4.69, 9.17) is 8.85 Å². The highest BCUT2D eigenvalue weighted by Gasteiger charge is 2.40. The standard InChI is InChI=1S/C34H51N7O4Si2/c1-23-15-24(2)41(39-23)19-30(42)38-29-16-25(13-14-36-29)31(43)28-18-40(32-27(28)17-35-22-37-32)26(20-44-46(9,10)33(3,4)5)21-45-47(11,12)34(6,7)8/h13-18,22,26H,19-21H2,1-12H3,(H,36,38,42). The van der Waals surface area contributed by atoms with Gasteiger partial charge in [0.05, 0.1) is 30.5 Å². The van der Waals surface area contributed by atoms with Crippen LogP contribution >= 0.6 is 0 Å². The number of aromatic nitrogens is 6. The molecule has 4 aromatic rings. The Kier molecular flexibility index (Phi) is 10.5. The average molecular weight is 678 g/mol. The van der Waals surface area contributed by atoms with Crippen molar-refractivity contribution in [3.63, 3.8) is 0 Å². The largest absolute Gasteiger partial charge is 0.415 e. The Morgan fingerprint density at radius 1 is 0.936 bits per heavy atom. The molecule has 0 spiro atoms. The van der Waals surface area contributed by atoms with E-state index in [0.29, 0.717) is 35.4 Å². The molecule has 0 aliphatic rings. The Morgan fingerprint density at radius 2 is 1.55 bits per heavy atom. The van der Waals surface area contributed by atoms with Crippen molar-refractivity contribution in [1.29, 1.82) is 0 Å². The first-order chi connectivity index (χ1) is 21.7. The minimum absolute atomic E-state index is 0.0323. The summed E-state index contributed by atoms with van der Waals surface area (Å²) in [4.78, 5) is 40.1. The lowest BCUT2D eigenvalue weighted by Gasteiger charge is -2.39. The third-order valence-electron chi connectivity index (χ3n) is 9.70. The van der Waals surface area contributed by atoms with Crippen molar-refractivity contribution in [2.45, 2.75) is 104 Å². The van der Waals surface area contributed by atoms with E-state index in [1.807, 2.05) is 30.7 Å². The van der Waals surface area contributed by atoms with Crippen LogP contribution in [0, 0.1) is 13.8 Å². The maximum Gasteiger partial charge on any atom is 0.247 e. The number of pyridine rings is 1. The van der Waals surface area contributed by atoms with E-state index in [2.05, 4.69) is 93.1 Å². The summed E-state index contributed by atoms with van der Waals surface area (Å²) in [5.41, 5.74) is 3.20. The number of nitrogens with zero attached hydrogens (tertiary/aromatic N) is 6. The fourth-order valence-electron chi connectivity index (χ4n) is 4.65. The smallest absolute Gasteiger partial charge is 0.247 e. The van der Waals surface area contributed by atoms with Gasteiger partial charge in [0.1, 0.15) is 24.3 Å². The maximum absolute atomic E-state index is 14.1. The van der Waals surface area contributed by atoms with E-state index in [1.165, 1.54) is 12.5 Å². The van der Waals surface area contributed by atoms with E-state index in [1.54, 1.807) is 23.0 Å². The first kappa shape index (κ1) is 36.3. The van der Waals surface area contributed by atoms with Crippen LogP contribution in [0.3, 0.4) is 0 Å². The van der Waals surface area contributed by atoms with Crippen LogP contribution in [0.1, 0.15) is 74.9 Å². The number of fused-ring (bicyclic) bond motifs is 1. The van der Waals surface area contributed by atoms with Gasteiger partial charge in [-0.1, -0.05) is 41.5 Å². The lowest BCUT2D eigenvalue weighted by atomic mass is 10.1. The number of aryl methyl sites for hydroxylation is 2. The predicted molar refractivity (Wildman–Crippen MR) is 191 cm³/mol. The zero-order valence-electron chi connectivity index (χ0n) is 30.1. The van der Waals surface area contributed by atoms with Crippen LogP contribution in [0.15, 0.2) is 43.1 Å². The van der Waals surface area contributed by atoms with Gasteiger partial charge in [-0.3, -0.25) is 14.3 Å². The van der Waals surface area contributed by atoms with Crippen LogP contribution in [0.4, 0.5) is 5.82 Å². The van der Waals surface area contributed by atoms with Crippen molar-refractivity contribution < 1.29 is 18.4 Å². The van der Waals surface area contributed by atoms with Gasteiger partial charge in [0.15, 0.2) is 22.4 Å². The van der Waals surface area contributed by atoms with Crippen molar-refractivity contribution >= 4 is 45.2 Å². The molecule has 0 saturated carbocycles. The second-order valence-corrected chi connectivity index (χ2v) is 25.0. The molecule has 47 heavy (non-hydrogen) atoms. The summed E-state index contributed by atoms with van der Waals surface area (Å²) in [6, 6.07) is 4.92. The fraction of sp³-hybridized carbons (Fsp3) is 0.529. The molecule has 0 radical (unpaired) electrons. The molecular formula is C34H51N7O4Si2. The Labute approximate surface area is 280 Å². The van der Waals surface area contributed by atoms with Gasteiger partial charge in [0.25, 0.3) is 0 Å². The maximum atomic E-state index is 14.1. The van der Waals surface area contributed by atoms with Crippen LogP contribution in [0.2, 0.25) is 36.3 Å². The Morgan fingerprint density at radius 3 is 2.11 bits per heavy atom. The summed E-state index contributed by atoms with van der Waals surface area (Å²) in [5, 5.41) is 7.85. The van der Waals surface area contributed by atoms with Gasteiger partial charge in [0, 0.05) is 35.2 Å². The number of anilines is 1. The van der Waals surface area contributed by atoms with Crippen molar-refractivity contribution in [1.82, 2.24) is 29.3 Å². The number of nitrogens with one attached hydrogen (secondary N) is 1. The summed E-state index contributed by atoms with van der Waals surface area (Å²) < 4.78 is 17.1. The van der Waals surface area contributed by atoms with Gasteiger partial charge in [-0.15, -0.1) is 0 Å². The lowest BCUT2D eigenvalue weighted by Crippen LogP contribution is -2.44. The van der Waals surface area contributed by atoms with E-state index >= 15 is 0 Å².